The molecule has 2 nitrogen and oxygen atoms in total. The van der Waals surface area contributed by atoms with Gasteiger partial charge in [-0.2, -0.15) is 5.10 Å². The minimum Gasteiger partial charge on any atom is -0.323 e. The Bertz CT molecular complexity index is 251. The predicted octanol–water partition coefficient (Wildman–Crippen LogP) is 2.62. The van der Waals surface area contributed by atoms with Gasteiger partial charge in [-0.05, 0) is 12.3 Å². The number of hydrogen-bond donors (Lipinski definition) is 1. The van der Waals surface area contributed by atoms with E-state index in [1.54, 1.807) is 0 Å². The van der Waals surface area contributed by atoms with E-state index in [4.69, 9.17) is 5.84 Å². The zero-order valence-electron chi connectivity index (χ0n) is 10.0. The minimum atomic E-state index is -1.41. The van der Waals surface area contributed by atoms with Crippen molar-refractivity contribution in [2.24, 2.45) is 16.9 Å². The van der Waals surface area contributed by atoms with E-state index in [1.807, 2.05) is 0 Å². The van der Waals surface area contributed by atoms with Crippen LogP contribution in [0, 0.1) is 17.8 Å². The zero-order chi connectivity index (χ0) is 11.2. The molecule has 0 aliphatic rings. The molecule has 0 bridgehead atoms. The van der Waals surface area contributed by atoms with Crippen molar-refractivity contribution in [3.05, 3.63) is 0 Å². The molecule has 0 aromatic carbocycles. The molecule has 0 fully saturated rings. The summed E-state index contributed by atoms with van der Waals surface area (Å²) in [6, 6.07) is 0. The average Bonchev–Trinajstić information content (AvgIpc) is 2.01. The minimum absolute atomic E-state index is 0.717. The smallest absolute Gasteiger partial charge is 0.115 e. The van der Waals surface area contributed by atoms with Gasteiger partial charge >= 0.3 is 0 Å². The third-order valence-electron chi connectivity index (χ3n) is 1.89. The van der Waals surface area contributed by atoms with Gasteiger partial charge in [0.15, 0.2) is 0 Å². The van der Waals surface area contributed by atoms with Crippen LogP contribution < -0.4 is 5.84 Å². The van der Waals surface area contributed by atoms with Crippen LogP contribution in [0.15, 0.2) is 5.10 Å². The van der Waals surface area contributed by atoms with Gasteiger partial charge in [0.2, 0.25) is 0 Å². The van der Waals surface area contributed by atoms with Crippen LogP contribution in [0.2, 0.25) is 19.6 Å². The van der Waals surface area contributed by atoms with E-state index in [2.05, 4.69) is 50.4 Å². The van der Waals surface area contributed by atoms with Crippen LogP contribution in [0.3, 0.4) is 0 Å². The van der Waals surface area contributed by atoms with Crippen LogP contribution in [0.5, 0.6) is 0 Å². The lowest BCUT2D eigenvalue weighted by molar-refractivity contribution is 0.600. The van der Waals surface area contributed by atoms with Crippen LogP contribution in [-0.2, 0) is 0 Å². The van der Waals surface area contributed by atoms with Gasteiger partial charge in [0, 0.05) is 6.42 Å². The van der Waals surface area contributed by atoms with Gasteiger partial charge in [-0.1, -0.05) is 45.3 Å². The van der Waals surface area contributed by atoms with Crippen LogP contribution in [0.1, 0.15) is 26.7 Å². The van der Waals surface area contributed by atoms with Crippen LogP contribution >= 0.6 is 0 Å². The molecule has 0 radical (unpaired) electrons. The summed E-state index contributed by atoms with van der Waals surface area (Å²) in [6.45, 7) is 11.0. The highest BCUT2D eigenvalue weighted by atomic mass is 28.3. The average molecular weight is 210 g/mol. The highest BCUT2D eigenvalue weighted by Gasteiger charge is 2.19. The summed E-state index contributed by atoms with van der Waals surface area (Å²) in [6.07, 6.45) is 2.09. The molecule has 0 atom stereocenters. The molecule has 14 heavy (non-hydrogen) atoms. The Balaban J connectivity index is 4.20. The Morgan fingerprint density at radius 1 is 1.36 bits per heavy atom. The van der Waals surface area contributed by atoms with Crippen LogP contribution in [0.4, 0.5) is 0 Å². The van der Waals surface area contributed by atoms with Crippen LogP contribution in [0.25, 0.3) is 0 Å². The van der Waals surface area contributed by atoms with E-state index >= 15 is 0 Å². The predicted molar refractivity (Wildman–Crippen MR) is 66.8 cm³/mol. The van der Waals surface area contributed by atoms with Crippen molar-refractivity contribution in [2.75, 3.05) is 0 Å². The molecule has 0 spiro atoms. The summed E-state index contributed by atoms with van der Waals surface area (Å²) < 4.78 is 0. The topological polar surface area (TPSA) is 38.4 Å². The van der Waals surface area contributed by atoms with Crippen molar-refractivity contribution < 1.29 is 0 Å². The van der Waals surface area contributed by atoms with Gasteiger partial charge in [-0.15, -0.1) is 0 Å². The molecule has 0 heterocycles. The summed E-state index contributed by atoms with van der Waals surface area (Å²) in [7, 11) is -1.41. The second-order valence-electron chi connectivity index (χ2n) is 4.96. The highest BCUT2D eigenvalue weighted by molar-refractivity contribution is 7.06. The van der Waals surface area contributed by atoms with E-state index in [0.717, 1.165) is 24.1 Å². The number of rotatable bonds is 3. The molecule has 0 amide bonds. The molecule has 3 heteroatoms. The Morgan fingerprint density at radius 3 is 2.29 bits per heavy atom. The lowest BCUT2D eigenvalue weighted by atomic mass is 10.1. The summed E-state index contributed by atoms with van der Waals surface area (Å²) in [5.74, 6) is 12.3. The number of hydrazone groups is 1. The lowest BCUT2D eigenvalue weighted by Gasteiger charge is -2.12. The molecule has 80 valence electrons. The molecular formula is C11H22N2Si. The molecule has 2 N–H and O–H groups in total. The van der Waals surface area contributed by atoms with Crippen molar-refractivity contribution in [3.8, 4) is 11.8 Å². The van der Waals surface area contributed by atoms with Crippen molar-refractivity contribution in [1.29, 1.82) is 0 Å². The third-order valence-corrected chi connectivity index (χ3v) is 3.57. The Morgan fingerprint density at radius 2 is 1.93 bits per heavy atom. The first kappa shape index (κ1) is 13.2. The second-order valence-corrected chi connectivity index (χ2v) is 9.94. The molecular weight excluding hydrogens is 188 g/mol. The fourth-order valence-electron chi connectivity index (χ4n) is 0.920. The molecule has 0 aliphatic carbocycles. The first-order chi connectivity index (χ1) is 6.38. The molecule has 0 unspecified atom stereocenters. The first-order valence-electron chi connectivity index (χ1n) is 5.15. The van der Waals surface area contributed by atoms with E-state index in [9.17, 15) is 0 Å². The van der Waals surface area contributed by atoms with E-state index in [1.165, 1.54) is 0 Å². The fourth-order valence-corrected chi connectivity index (χ4v) is 1.77. The van der Waals surface area contributed by atoms with Gasteiger partial charge in [0.05, 0.1) is 5.33 Å². The van der Waals surface area contributed by atoms with Gasteiger partial charge < -0.3 is 5.84 Å². The summed E-state index contributed by atoms with van der Waals surface area (Å²) in [5, 5.41) is 4.70. The van der Waals surface area contributed by atoms with Crippen molar-refractivity contribution >= 4 is 13.4 Å². The van der Waals surface area contributed by atoms with E-state index in [0.29, 0.717) is 0 Å². The maximum Gasteiger partial charge on any atom is 0.115 e. The van der Waals surface area contributed by atoms with E-state index < -0.39 is 8.07 Å². The lowest BCUT2D eigenvalue weighted by Crippen LogP contribution is -2.33. The first-order valence-corrected chi connectivity index (χ1v) is 8.65. The number of nitrogens with two attached hydrogens (primary N) is 1. The summed E-state index contributed by atoms with van der Waals surface area (Å²) in [4.78, 5) is 0. The Kier molecular flexibility index (Phi) is 5.55. The fraction of sp³-hybridized carbons (Fsp3) is 0.727. The van der Waals surface area contributed by atoms with E-state index in [-0.39, 0.29) is 0 Å². The normalized spacial score (nSPS) is 12.6. The SMILES string of the molecule is CC(C)CCC#C/C(=N/N)[Si](C)(C)C. The number of hydrogen-bond acceptors (Lipinski definition) is 2. The summed E-state index contributed by atoms with van der Waals surface area (Å²) >= 11 is 0. The Labute approximate surface area is 89.0 Å². The van der Waals surface area contributed by atoms with Crippen molar-refractivity contribution in [1.82, 2.24) is 0 Å². The molecule has 0 rings (SSSR count). The molecule has 0 saturated carbocycles. The highest BCUT2D eigenvalue weighted by Crippen LogP contribution is 2.04. The third kappa shape index (κ3) is 5.82. The quantitative estimate of drug-likeness (QED) is 0.251. The maximum absolute atomic E-state index is 5.32. The number of nitrogens with zero attached hydrogens (tertiary/aromatic N) is 1. The summed E-state index contributed by atoms with van der Waals surface area (Å²) in [5.41, 5.74) is 0. The monoisotopic (exact) mass is 210 g/mol. The van der Waals surface area contributed by atoms with Crippen LogP contribution in [-0.4, -0.2) is 13.4 Å². The van der Waals surface area contributed by atoms with Crippen molar-refractivity contribution in [3.63, 3.8) is 0 Å². The molecule has 0 aromatic rings. The largest absolute Gasteiger partial charge is 0.323 e. The molecule has 0 saturated heterocycles. The van der Waals surface area contributed by atoms with Gasteiger partial charge in [-0.3, -0.25) is 0 Å². The second kappa shape index (κ2) is 5.87. The molecule has 0 aliphatic heterocycles. The van der Waals surface area contributed by atoms with Gasteiger partial charge in [-0.25, -0.2) is 0 Å². The zero-order valence-corrected chi connectivity index (χ0v) is 11.0. The standard InChI is InChI=1S/C11H22N2Si/c1-10(2)8-6-7-9-11(13-12)14(3,4)5/h10H,6,8,12H2,1-5H3/b13-11-. The van der Waals surface area contributed by atoms with Gasteiger partial charge in [0.1, 0.15) is 8.07 Å². The Hall–Kier alpha value is -0.753. The maximum atomic E-state index is 5.32. The molecule has 0 aromatic heterocycles. The van der Waals surface area contributed by atoms with Gasteiger partial charge in [0.25, 0.3) is 0 Å². The van der Waals surface area contributed by atoms with Crippen molar-refractivity contribution in [2.45, 2.75) is 46.3 Å².